The van der Waals surface area contributed by atoms with Gasteiger partial charge in [-0.3, -0.25) is 4.68 Å². The smallest absolute Gasteiger partial charge is 0.252 e. The first-order valence-corrected chi connectivity index (χ1v) is 5.56. The Morgan fingerprint density at radius 2 is 2.15 bits per heavy atom. The second kappa shape index (κ2) is 3.28. The van der Waals surface area contributed by atoms with E-state index >= 15 is 0 Å². The highest BCUT2D eigenvalue weighted by atomic mass is 35.5. The normalized spacial score (nSPS) is 12.0. The van der Waals surface area contributed by atoms with Crippen molar-refractivity contribution in [1.82, 2.24) is 9.78 Å². The summed E-state index contributed by atoms with van der Waals surface area (Å²) in [6.07, 6.45) is 0. The first-order valence-electron chi connectivity index (χ1n) is 3.63. The molecule has 0 unspecified atom stereocenters. The van der Waals surface area contributed by atoms with E-state index in [0.717, 1.165) is 0 Å². The molecule has 1 rings (SSSR count). The third-order valence-corrected chi connectivity index (χ3v) is 3.10. The van der Waals surface area contributed by atoms with Crippen molar-refractivity contribution in [2.45, 2.75) is 25.4 Å². The second-order valence-corrected chi connectivity index (χ2v) is 4.42. The van der Waals surface area contributed by atoms with Crippen LogP contribution in [0, 0.1) is 6.92 Å². The van der Waals surface area contributed by atoms with Gasteiger partial charge in [0.2, 0.25) is 0 Å². The lowest BCUT2D eigenvalue weighted by atomic mass is 10.5. The fraction of sp³-hybridized carbons (Fsp3) is 0.500. The van der Waals surface area contributed by atoms with Crippen molar-refractivity contribution in [3.8, 4) is 0 Å². The molecule has 1 aromatic rings. The Balaban J connectivity index is 3.51. The Morgan fingerprint density at radius 3 is 2.46 bits per heavy atom. The number of halogens is 1. The van der Waals surface area contributed by atoms with Gasteiger partial charge in [0.25, 0.3) is 10.0 Å². The van der Waals surface area contributed by atoms with Crippen LogP contribution in [0.4, 0.5) is 0 Å². The van der Waals surface area contributed by atoms with Crippen LogP contribution in [0.25, 0.3) is 0 Å². The van der Waals surface area contributed by atoms with Crippen molar-refractivity contribution in [1.29, 1.82) is 0 Å². The van der Waals surface area contributed by atoms with Gasteiger partial charge in [-0.25, -0.2) is 13.6 Å². The predicted octanol–water partition coefficient (Wildman–Crippen LogP) is 0.512. The first-order chi connectivity index (χ1) is 5.88. The molecule has 2 N–H and O–H groups in total. The summed E-state index contributed by atoms with van der Waals surface area (Å²) in [5.74, 6) is 0. The van der Waals surface area contributed by atoms with Crippen LogP contribution in [0.15, 0.2) is 5.03 Å². The van der Waals surface area contributed by atoms with E-state index in [1.807, 2.05) is 0 Å². The molecule has 74 valence electrons. The van der Waals surface area contributed by atoms with Gasteiger partial charge in [-0.2, -0.15) is 5.10 Å². The number of aryl methyl sites for hydroxylation is 2. The Kier molecular flexibility index (Phi) is 2.65. The van der Waals surface area contributed by atoms with E-state index in [1.54, 1.807) is 13.8 Å². The van der Waals surface area contributed by atoms with Gasteiger partial charge < -0.3 is 0 Å². The number of aromatic nitrogens is 2. The Morgan fingerprint density at radius 1 is 1.62 bits per heavy atom. The number of sulfonamides is 1. The van der Waals surface area contributed by atoms with Gasteiger partial charge in [0.05, 0.1) is 5.69 Å². The van der Waals surface area contributed by atoms with Crippen molar-refractivity contribution in [3.05, 3.63) is 10.7 Å². The highest BCUT2D eigenvalue weighted by Crippen LogP contribution is 2.23. The van der Waals surface area contributed by atoms with Crippen LogP contribution in [-0.2, 0) is 16.6 Å². The molecule has 0 bridgehead atoms. The Labute approximate surface area is 81.5 Å². The SMILES string of the molecule is CCn1nc(C)c(Cl)c1S(N)(=O)=O. The molecule has 0 fully saturated rings. The standard InChI is InChI=1S/C6H10ClN3O2S/c1-3-10-6(13(8,11)12)5(7)4(2)9-10/h3H2,1-2H3,(H2,8,11,12). The molecule has 0 aliphatic heterocycles. The Hall–Kier alpha value is -0.590. The van der Waals surface area contributed by atoms with Crippen LogP contribution in [0.1, 0.15) is 12.6 Å². The highest BCUT2D eigenvalue weighted by Gasteiger charge is 2.21. The number of rotatable bonds is 2. The number of primary sulfonamides is 1. The van der Waals surface area contributed by atoms with E-state index in [1.165, 1.54) is 4.68 Å². The summed E-state index contributed by atoms with van der Waals surface area (Å²) in [6, 6.07) is 0. The molecule has 5 nitrogen and oxygen atoms in total. The lowest BCUT2D eigenvalue weighted by Gasteiger charge is -2.01. The quantitative estimate of drug-likeness (QED) is 0.794. The fourth-order valence-electron chi connectivity index (χ4n) is 1.02. The zero-order valence-corrected chi connectivity index (χ0v) is 8.85. The molecule has 0 saturated carbocycles. The van der Waals surface area contributed by atoms with E-state index in [0.29, 0.717) is 12.2 Å². The molecule has 0 amide bonds. The molecular formula is C6H10ClN3O2S. The summed E-state index contributed by atoms with van der Waals surface area (Å²) < 4.78 is 23.4. The minimum absolute atomic E-state index is 0.101. The highest BCUT2D eigenvalue weighted by molar-refractivity contribution is 7.89. The monoisotopic (exact) mass is 223 g/mol. The van der Waals surface area contributed by atoms with Crippen molar-refractivity contribution in [2.75, 3.05) is 0 Å². The maximum atomic E-state index is 11.1. The fourth-order valence-corrected chi connectivity index (χ4v) is 2.34. The molecule has 0 aliphatic carbocycles. The third-order valence-electron chi connectivity index (χ3n) is 1.58. The second-order valence-electron chi connectivity index (χ2n) is 2.57. The lowest BCUT2D eigenvalue weighted by molar-refractivity contribution is 0.554. The van der Waals surface area contributed by atoms with Gasteiger partial charge in [0, 0.05) is 6.54 Å². The van der Waals surface area contributed by atoms with Crippen LogP contribution < -0.4 is 5.14 Å². The van der Waals surface area contributed by atoms with Gasteiger partial charge >= 0.3 is 0 Å². The summed E-state index contributed by atoms with van der Waals surface area (Å²) in [5.41, 5.74) is 0.465. The van der Waals surface area contributed by atoms with E-state index in [-0.39, 0.29) is 10.0 Å². The predicted molar refractivity (Wildman–Crippen MR) is 49.0 cm³/mol. The average Bonchev–Trinajstić information content (AvgIpc) is 2.26. The van der Waals surface area contributed by atoms with Crippen molar-refractivity contribution in [3.63, 3.8) is 0 Å². The number of hydrogen-bond acceptors (Lipinski definition) is 3. The summed E-state index contributed by atoms with van der Waals surface area (Å²) >= 11 is 5.73. The largest absolute Gasteiger partial charge is 0.256 e. The molecule has 0 aromatic carbocycles. The molecular weight excluding hydrogens is 214 g/mol. The van der Waals surface area contributed by atoms with E-state index in [4.69, 9.17) is 16.7 Å². The van der Waals surface area contributed by atoms with Gasteiger partial charge in [-0.1, -0.05) is 11.6 Å². The van der Waals surface area contributed by atoms with E-state index in [9.17, 15) is 8.42 Å². The Bertz CT molecular complexity index is 423. The van der Waals surface area contributed by atoms with Crippen molar-refractivity contribution in [2.24, 2.45) is 5.14 Å². The molecule has 0 atom stereocenters. The maximum Gasteiger partial charge on any atom is 0.256 e. The molecule has 1 heterocycles. The maximum absolute atomic E-state index is 11.1. The topological polar surface area (TPSA) is 78.0 Å². The van der Waals surface area contributed by atoms with E-state index < -0.39 is 10.0 Å². The molecule has 0 spiro atoms. The summed E-state index contributed by atoms with van der Waals surface area (Å²) in [7, 11) is -3.79. The molecule has 0 saturated heterocycles. The van der Waals surface area contributed by atoms with Gasteiger partial charge in [0.1, 0.15) is 5.02 Å². The molecule has 0 radical (unpaired) electrons. The zero-order chi connectivity index (χ0) is 10.2. The van der Waals surface area contributed by atoms with Crippen LogP contribution in [-0.4, -0.2) is 18.2 Å². The molecule has 1 aromatic heterocycles. The van der Waals surface area contributed by atoms with Crippen molar-refractivity contribution < 1.29 is 8.42 Å². The van der Waals surface area contributed by atoms with Crippen molar-refractivity contribution >= 4 is 21.6 Å². The third kappa shape index (κ3) is 1.84. The van der Waals surface area contributed by atoms with Gasteiger partial charge in [-0.15, -0.1) is 0 Å². The number of nitrogens with two attached hydrogens (primary N) is 1. The number of hydrogen-bond donors (Lipinski definition) is 1. The summed E-state index contributed by atoms with van der Waals surface area (Å²) in [6.45, 7) is 3.81. The summed E-state index contributed by atoms with van der Waals surface area (Å²) in [4.78, 5) is 0. The van der Waals surface area contributed by atoms with E-state index in [2.05, 4.69) is 5.10 Å². The first kappa shape index (κ1) is 10.5. The average molecular weight is 224 g/mol. The minimum Gasteiger partial charge on any atom is -0.252 e. The number of nitrogens with zero attached hydrogens (tertiary/aromatic N) is 2. The van der Waals surface area contributed by atoms with Gasteiger partial charge in [-0.05, 0) is 13.8 Å². The summed E-state index contributed by atoms with van der Waals surface area (Å²) in [5, 5.41) is 8.88. The molecule has 0 aliphatic rings. The van der Waals surface area contributed by atoms with Crippen LogP contribution in [0.2, 0.25) is 5.02 Å². The molecule has 7 heteroatoms. The molecule has 13 heavy (non-hydrogen) atoms. The minimum atomic E-state index is -3.79. The van der Waals surface area contributed by atoms with Gasteiger partial charge in [0.15, 0.2) is 5.03 Å². The van der Waals surface area contributed by atoms with Crippen LogP contribution >= 0.6 is 11.6 Å². The van der Waals surface area contributed by atoms with Crippen LogP contribution in [0.5, 0.6) is 0 Å². The van der Waals surface area contributed by atoms with Crippen LogP contribution in [0.3, 0.4) is 0 Å². The lowest BCUT2D eigenvalue weighted by Crippen LogP contribution is -2.17. The zero-order valence-electron chi connectivity index (χ0n) is 7.28.